The van der Waals surface area contributed by atoms with Crippen LogP contribution >= 0.6 is 0 Å². The van der Waals surface area contributed by atoms with Gasteiger partial charge in [-0.2, -0.15) is 0 Å². The molecule has 0 aromatic heterocycles. The summed E-state index contributed by atoms with van der Waals surface area (Å²) in [5.41, 5.74) is -1.86. The Kier molecular flexibility index (Phi) is 4.18. The van der Waals surface area contributed by atoms with Crippen molar-refractivity contribution in [3.8, 4) is 5.75 Å². The summed E-state index contributed by atoms with van der Waals surface area (Å²) >= 11 is 0. The molecule has 3 atom stereocenters. The van der Waals surface area contributed by atoms with Crippen molar-refractivity contribution in [1.82, 2.24) is 15.1 Å². The molecule has 0 radical (unpaired) electrons. The van der Waals surface area contributed by atoms with Crippen molar-refractivity contribution in [3.63, 3.8) is 0 Å². The monoisotopic (exact) mass is 505 g/mol. The van der Waals surface area contributed by atoms with E-state index in [1.54, 1.807) is 19.2 Å². The van der Waals surface area contributed by atoms with Crippen LogP contribution in [0.3, 0.4) is 0 Å². The van der Waals surface area contributed by atoms with Gasteiger partial charge in [0.1, 0.15) is 24.2 Å². The lowest BCUT2D eigenvalue weighted by atomic mass is 10.0. The Balaban J connectivity index is 1.48. The lowest BCUT2D eigenvalue weighted by Crippen LogP contribution is -2.52. The van der Waals surface area contributed by atoms with Crippen molar-refractivity contribution in [2.75, 3.05) is 13.1 Å². The zero-order valence-electron chi connectivity index (χ0n) is 29.4. The molecule has 3 aliphatic rings. The highest BCUT2D eigenvalue weighted by Gasteiger charge is 2.40. The summed E-state index contributed by atoms with van der Waals surface area (Å²) in [6.07, 6.45) is -7.29. The van der Waals surface area contributed by atoms with E-state index in [1.165, 1.54) is 17.0 Å². The minimum Gasteiger partial charge on any atom is -0.488 e. The highest BCUT2D eigenvalue weighted by molar-refractivity contribution is 6.05. The number of imide groups is 1. The minimum atomic E-state index is -3.39. The molecule has 3 heterocycles. The standard InChI is InChI=1S/C27H30FN3O5/c1-16-11-30(12-17(2)36-16)13-18-6-7-19(22(28)10-18)15-35-24-5-3-4-20-21(24)14-31(27(20)34)23-8-9-25(32)29-26(23)33/h3-7,10,16-17,23H,8-9,11-15H2,1-2H3,(H,29,32,33)/i8D2,9D2,13D2,14D2,15D2. The maximum atomic E-state index is 15.5. The number of piperidine rings is 1. The highest BCUT2D eigenvalue weighted by Crippen LogP contribution is 2.34. The first-order chi connectivity index (χ1) is 21.0. The van der Waals surface area contributed by atoms with Gasteiger partial charge in [-0.25, -0.2) is 4.39 Å². The maximum Gasteiger partial charge on any atom is 0.255 e. The zero-order chi connectivity index (χ0) is 34.4. The number of fused-ring (bicyclic) bond motifs is 1. The van der Waals surface area contributed by atoms with Gasteiger partial charge in [-0.3, -0.25) is 24.6 Å². The Hall–Kier alpha value is -3.30. The summed E-state index contributed by atoms with van der Waals surface area (Å²) in [6, 6.07) is 3.94. The molecule has 2 aromatic rings. The predicted octanol–water partition coefficient (Wildman–Crippen LogP) is 2.77. The Bertz CT molecular complexity index is 1610. The van der Waals surface area contributed by atoms with Crippen molar-refractivity contribution in [1.29, 1.82) is 0 Å². The lowest BCUT2D eigenvalue weighted by Gasteiger charge is -2.35. The number of ether oxygens (including phenoxy) is 2. The van der Waals surface area contributed by atoms with Gasteiger partial charge in [0.25, 0.3) is 5.91 Å². The number of nitrogens with one attached hydrogen (secondary N) is 1. The number of halogens is 1. The molecular weight excluding hydrogens is 465 g/mol. The third-order valence-electron chi connectivity index (χ3n) is 5.72. The van der Waals surface area contributed by atoms with Crippen LogP contribution in [0.15, 0.2) is 36.4 Å². The summed E-state index contributed by atoms with van der Waals surface area (Å²) in [6.45, 7) is -4.25. The van der Waals surface area contributed by atoms with Crippen molar-refractivity contribution < 1.29 is 42.0 Å². The van der Waals surface area contributed by atoms with E-state index < -0.39 is 84.3 Å². The van der Waals surface area contributed by atoms with Gasteiger partial charge in [0, 0.05) is 50.9 Å². The Morgan fingerprint density at radius 2 is 1.97 bits per heavy atom. The molecule has 2 fully saturated rings. The first kappa shape index (κ1) is 15.1. The minimum absolute atomic E-state index is 0.0950. The van der Waals surface area contributed by atoms with E-state index in [9.17, 15) is 14.4 Å². The largest absolute Gasteiger partial charge is 0.488 e. The predicted molar refractivity (Wildman–Crippen MR) is 129 cm³/mol. The van der Waals surface area contributed by atoms with Crippen LogP contribution in [0.5, 0.6) is 5.75 Å². The van der Waals surface area contributed by atoms with Crippen molar-refractivity contribution >= 4 is 17.7 Å². The van der Waals surface area contributed by atoms with Gasteiger partial charge >= 0.3 is 0 Å². The number of carbonyl (C=O) groups is 3. The molecule has 3 aliphatic heterocycles. The first-order valence-corrected chi connectivity index (χ1v) is 11.3. The Labute approximate surface area is 223 Å². The fraction of sp³-hybridized carbons (Fsp3) is 0.444. The van der Waals surface area contributed by atoms with E-state index in [-0.39, 0.29) is 35.8 Å². The average molecular weight is 506 g/mol. The van der Waals surface area contributed by atoms with Crippen LogP contribution in [0.4, 0.5) is 4.39 Å². The molecule has 0 saturated carbocycles. The van der Waals surface area contributed by atoms with Gasteiger partial charge in [-0.15, -0.1) is 0 Å². The van der Waals surface area contributed by atoms with Gasteiger partial charge in [0.2, 0.25) is 11.8 Å². The SMILES string of the molecule is [2H]C([2H])(Oc1cccc2c1C([2H])([2H])N(C1C(=O)NC(=O)C([2H])([2H])C1([2H])[2H])C2=O)c1ccc(C([2H])([2H])N2CC(C)OC(C)C2)cc1F. The van der Waals surface area contributed by atoms with Crippen molar-refractivity contribution in [3.05, 3.63) is 64.5 Å². The quantitative estimate of drug-likeness (QED) is 0.608. The summed E-state index contributed by atoms with van der Waals surface area (Å²) in [7, 11) is 0. The second-order valence-corrected chi connectivity index (χ2v) is 8.63. The van der Waals surface area contributed by atoms with Crippen LogP contribution in [0, 0.1) is 5.82 Å². The summed E-state index contributed by atoms with van der Waals surface area (Å²) in [5, 5.41) is 1.64. The van der Waals surface area contributed by atoms with Crippen LogP contribution < -0.4 is 10.1 Å². The number of amides is 3. The third kappa shape index (κ3) is 4.99. The van der Waals surface area contributed by atoms with Gasteiger partial charge < -0.3 is 14.4 Å². The molecule has 0 spiro atoms. The molecular formula is C27H30FN3O5. The summed E-state index contributed by atoms with van der Waals surface area (Å²) < 4.78 is 111. The molecule has 2 saturated heterocycles. The molecule has 0 bridgehead atoms. The Morgan fingerprint density at radius 1 is 1.19 bits per heavy atom. The molecule has 0 aliphatic carbocycles. The molecule has 2 aromatic carbocycles. The molecule has 3 amide bonds. The van der Waals surface area contributed by atoms with Gasteiger partial charge in [0.05, 0.1) is 24.2 Å². The van der Waals surface area contributed by atoms with E-state index in [4.69, 9.17) is 23.2 Å². The maximum absolute atomic E-state index is 15.5. The van der Waals surface area contributed by atoms with E-state index in [1.807, 2.05) is 0 Å². The van der Waals surface area contributed by atoms with Gasteiger partial charge in [-0.1, -0.05) is 18.2 Å². The van der Waals surface area contributed by atoms with Gasteiger partial charge in [-0.05, 0) is 44.0 Å². The summed E-state index contributed by atoms with van der Waals surface area (Å²) in [4.78, 5) is 39.9. The van der Waals surface area contributed by atoms with Crippen LogP contribution in [0.2, 0.25) is 0 Å². The van der Waals surface area contributed by atoms with Crippen LogP contribution in [-0.4, -0.2) is 58.9 Å². The number of nitrogens with zero attached hydrogens (tertiary/aromatic N) is 2. The second-order valence-electron chi connectivity index (χ2n) is 8.63. The van der Waals surface area contributed by atoms with E-state index >= 15 is 4.39 Å². The zero-order valence-corrected chi connectivity index (χ0v) is 19.4. The van der Waals surface area contributed by atoms with Gasteiger partial charge in [0.15, 0.2) is 0 Å². The third-order valence-corrected chi connectivity index (χ3v) is 5.72. The summed E-state index contributed by atoms with van der Waals surface area (Å²) in [5.74, 6) is -6.10. The molecule has 190 valence electrons. The first-order valence-electron chi connectivity index (χ1n) is 16.3. The molecule has 36 heavy (non-hydrogen) atoms. The molecule has 8 nitrogen and oxygen atoms in total. The molecule has 1 N–H and O–H groups in total. The highest BCUT2D eigenvalue weighted by atomic mass is 19.1. The number of benzene rings is 2. The number of hydrogen-bond acceptors (Lipinski definition) is 6. The average Bonchev–Trinajstić information content (AvgIpc) is 3.12. The van der Waals surface area contributed by atoms with Crippen molar-refractivity contribution in [2.24, 2.45) is 0 Å². The fourth-order valence-electron chi connectivity index (χ4n) is 4.21. The molecule has 5 rings (SSSR count). The smallest absolute Gasteiger partial charge is 0.255 e. The number of rotatable bonds is 6. The number of hydrogen-bond donors (Lipinski definition) is 1. The Morgan fingerprint density at radius 3 is 2.72 bits per heavy atom. The molecule has 9 heteroatoms. The topological polar surface area (TPSA) is 88.2 Å². The second kappa shape index (κ2) is 9.99. The van der Waals surface area contributed by atoms with Crippen LogP contribution in [-0.2, 0) is 33.9 Å². The van der Waals surface area contributed by atoms with E-state index in [2.05, 4.69) is 0 Å². The normalized spacial score (nSPS) is 33.7. The van der Waals surface area contributed by atoms with E-state index in [0.717, 1.165) is 24.3 Å². The molecule has 3 unspecified atom stereocenters. The number of morpholine rings is 1. The van der Waals surface area contributed by atoms with Crippen molar-refractivity contribution in [2.45, 2.75) is 64.4 Å². The lowest BCUT2D eigenvalue weighted by molar-refractivity contribution is -0.136. The fourth-order valence-corrected chi connectivity index (χ4v) is 4.21. The number of carbonyl (C=O) groups excluding carboxylic acids is 3. The van der Waals surface area contributed by atoms with E-state index in [0.29, 0.717) is 0 Å². The van der Waals surface area contributed by atoms with Crippen LogP contribution in [0.1, 0.15) is 67.3 Å². The van der Waals surface area contributed by atoms with Crippen LogP contribution in [0.25, 0.3) is 0 Å².